The van der Waals surface area contributed by atoms with Gasteiger partial charge in [0.25, 0.3) is 0 Å². The molecule has 2 fully saturated rings. The van der Waals surface area contributed by atoms with Gasteiger partial charge in [-0.15, -0.1) is 0 Å². The summed E-state index contributed by atoms with van der Waals surface area (Å²) in [6, 6.07) is 7.06. The van der Waals surface area contributed by atoms with E-state index in [1.807, 2.05) is 12.1 Å². The minimum absolute atomic E-state index is 0.184. The van der Waals surface area contributed by atoms with Gasteiger partial charge in [-0.2, -0.15) is 5.10 Å². The van der Waals surface area contributed by atoms with Crippen LogP contribution in [-0.4, -0.2) is 38.9 Å². The first-order valence-electron chi connectivity index (χ1n) is 8.73. The third kappa shape index (κ3) is 2.53. The molecule has 8 heteroatoms. The molecule has 3 heterocycles. The van der Waals surface area contributed by atoms with E-state index in [1.54, 1.807) is 23.9 Å². The summed E-state index contributed by atoms with van der Waals surface area (Å²) in [5, 5.41) is 14.6. The fourth-order valence-corrected chi connectivity index (χ4v) is 4.91. The van der Waals surface area contributed by atoms with Gasteiger partial charge in [-0.3, -0.25) is 4.79 Å². The van der Waals surface area contributed by atoms with Crippen LogP contribution in [0.1, 0.15) is 5.56 Å². The quantitative estimate of drug-likeness (QED) is 0.586. The van der Waals surface area contributed by atoms with Gasteiger partial charge >= 0.3 is 5.97 Å². The first-order valence-corrected chi connectivity index (χ1v) is 9.81. The number of carbonyl (C=O) groups is 1. The molecule has 6 nitrogen and oxygen atoms in total. The van der Waals surface area contributed by atoms with Crippen LogP contribution in [-0.2, 0) is 4.79 Å². The van der Waals surface area contributed by atoms with E-state index in [1.165, 1.54) is 6.07 Å². The van der Waals surface area contributed by atoms with E-state index in [-0.39, 0.29) is 23.6 Å². The van der Waals surface area contributed by atoms with Crippen LogP contribution in [0.5, 0.6) is 0 Å². The molecule has 0 bridgehead atoms. The lowest BCUT2D eigenvalue weighted by atomic mass is 10.1. The number of halogens is 2. The summed E-state index contributed by atoms with van der Waals surface area (Å²) in [7, 11) is 0. The minimum Gasteiger partial charge on any atom is -0.481 e. The molecule has 27 heavy (non-hydrogen) atoms. The second-order valence-electron chi connectivity index (χ2n) is 7.24. The van der Waals surface area contributed by atoms with Crippen LogP contribution < -0.4 is 4.90 Å². The van der Waals surface area contributed by atoms with E-state index in [9.17, 15) is 9.18 Å². The summed E-state index contributed by atoms with van der Waals surface area (Å²) >= 11 is 2.15. The first kappa shape index (κ1) is 16.9. The van der Waals surface area contributed by atoms with Crippen molar-refractivity contribution in [1.29, 1.82) is 0 Å². The molecule has 1 aromatic carbocycles. The standard InChI is InChI=1S/C19H16FIN4O2/c1-9-14(20)4-3-11-17(9)25(23-18(11)21)10-2-5-15(22-6-10)24-7-12-13(8-24)16(12)19(26)27/h2-6,12-13,16H,7-8H2,1H3,(H,26,27)/t12-,13+,16?. The Hall–Kier alpha value is -2.23. The van der Waals surface area contributed by atoms with Gasteiger partial charge in [-0.05, 0) is 65.6 Å². The van der Waals surface area contributed by atoms with Gasteiger partial charge in [0.05, 0.1) is 23.3 Å². The summed E-state index contributed by atoms with van der Waals surface area (Å²) in [4.78, 5) is 17.8. The molecule has 1 unspecified atom stereocenters. The molecule has 2 aromatic heterocycles. The van der Waals surface area contributed by atoms with Crippen molar-refractivity contribution in [2.24, 2.45) is 17.8 Å². The number of nitrogens with zero attached hydrogens (tertiary/aromatic N) is 4. The molecule has 0 spiro atoms. The number of carboxylic acid groups (broad SMARTS) is 1. The number of fused-ring (bicyclic) bond motifs is 2. The van der Waals surface area contributed by atoms with Crippen molar-refractivity contribution in [2.45, 2.75) is 6.92 Å². The third-order valence-corrected chi connectivity index (χ3v) is 6.56. The highest BCUT2D eigenvalue weighted by Crippen LogP contribution is 2.52. The Kier molecular flexibility index (Phi) is 3.68. The number of aliphatic carboxylic acids is 1. The Bertz CT molecular complexity index is 1070. The minimum atomic E-state index is -0.685. The SMILES string of the molecule is Cc1c(F)ccc2c(I)nn(-c3ccc(N4C[C@@H]5C(C(=O)O)[C@@H]5C4)nc3)c12. The highest BCUT2D eigenvalue weighted by Gasteiger charge is 2.59. The molecule has 1 N–H and O–H groups in total. The average Bonchev–Trinajstić information content (AvgIpc) is 2.99. The molecule has 5 rings (SSSR count). The summed E-state index contributed by atoms with van der Waals surface area (Å²) in [6.07, 6.45) is 1.74. The zero-order valence-electron chi connectivity index (χ0n) is 14.4. The smallest absolute Gasteiger partial charge is 0.307 e. The summed E-state index contributed by atoms with van der Waals surface area (Å²) in [5.41, 5.74) is 2.08. The van der Waals surface area contributed by atoms with Crippen LogP contribution in [0, 0.1) is 34.2 Å². The number of anilines is 1. The number of hydrogen-bond acceptors (Lipinski definition) is 4. The van der Waals surface area contributed by atoms with Crippen molar-refractivity contribution in [1.82, 2.24) is 14.8 Å². The number of rotatable bonds is 3. The maximum atomic E-state index is 14.0. The lowest BCUT2D eigenvalue weighted by Crippen LogP contribution is -2.26. The predicted molar refractivity (Wildman–Crippen MR) is 107 cm³/mol. The number of piperidine rings is 1. The Balaban J connectivity index is 1.45. The van der Waals surface area contributed by atoms with Gasteiger partial charge in [-0.25, -0.2) is 14.1 Å². The normalized spacial score (nSPS) is 23.7. The van der Waals surface area contributed by atoms with Crippen molar-refractivity contribution in [3.8, 4) is 5.69 Å². The van der Waals surface area contributed by atoms with Crippen LogP contribution >= 0.6 is 22.6 Å². The Morgan fingerprint density at radius 2 is 2.00 bits per heavy atom. The van der Waals surface area contributed by atoms with Gasteiger partial charge in [-0.1, -0.05) is 0 Å². The summed E-state index contributed by atoms with van der Waals surface area (Å²) in [5.74, 6) is 0.196. The fourth-order valence-electron chi connectivity index (χ4n) is 4.26. The molecule has 138 valence electrons. The monoisotopic (exact) mass is 478 g/mol. The zero-order valence-corrected chi connectivity index (χ0v) is 16.6. The second kappa shape index (κ2) is 5.88. The van der Waals surface area contributed by atoms with Crippen LogP contribution in [0.25, 0.3) is 16.6 Å². The van der Waals surface area contributed by atoms with Crippen LogP contribution in [0.3, 0.4) is 0 Å². The largest absolute Gasteiger partial charge is 0.481 e. The van der Waals surface area contributed by atoms with E-state index in [0.29, 0.717) is 5.56 Å². The van der Waals surface area contributed by atoms with Crippen molar-refractivity contribution in [2.75, 3.05) is 18.0 Å². The number of aromatic nitrogens is 3. The molecule has 1 saturated heterocycles. The number of pyridine rings is 1. The lowest BCUT2D eigenvalue weighted by molar-refractivity contribution is -0.139. The van der Waals surface area contributed by atoms with Gasteiger partial charge in [0.15, 0.2) is 0 Å². The molecule has 1 saturated carbocycles. The average molecular weight is 478 g/mol. The summed E-state index contributed by atoms with van der Waals surface area (Å²) < 4.78 is 16.6. The van der Waals surface area contributed by atoms with Crippen LogP contribution in [0.2, 0.25) is 0 Å². The maximum Gasteiger partial charge on any atom is 0.307 e. The fraction of sp³-hybridized carbons (Fsp3) is 0.316. The number of benzene rings is 1. The molecule has 0 radical (unpaired) electrons. The topological polar surface area (TPSA) is 71.2 Å². The molecule has 2 aliphatic rings. The highest BCUT2D eigenvalue weighted by molar-refractivity contribution is 14.1. The Labute approximate surface area is 168 Å². The van der Waals surface area contributed by atoms with Crippen molar-refractivity contribution in [3.63, 3.8) is 0 Å². The van der Waals surface area contributed by atoms with E-state index < -0.39 is 5.97 Å². The van der Waals surface area contributed by atoms with Crippen LogP contribution in [0.15, 0.2) is 30.5 Å². The molecule has 3 atom stereocenters. The zero-order chi connectivity index (χ0) is 18.9. The Morgan fingerprint density at radius 1 is 1.26 bits per heavy atom. The molecule has 0 amide bonds. The second-order valence-corrected chi connectivity index (χ2v) is 8.26. The molecule has 1 aliphatic heterocycles. The van der Waals surface area contributed by atoms with Crippen molar-refractivity contribution < 1.29 is 14.3 Å². The van der Waals surface area contributed by atoms with Gasteiger partial charge < -0.3 is 10.0 Å². The van der Waals surface area contributed by atoms with E-state index in [4.69, 9.17) is 5.11 Å². The number of hydrogen-bond donors (Lipinski definition) is 1. The highest BCUT2D eigenvalue weighted by atomic mass is 127. The Morgan fingerprint density at radius 3 is 2.63 bits per heavy atom. The third-order valence-electron chi connectivity index (χ3n) is 5.77. The van der Waals surface area contributed by atoms with E-state index in [0.717, 1.165) is 39.2 Å². The molecular weight excluding hydrogens is 462 g/mol. The number of carboxylic acids is 1. The molecule has 3 aromatic rings. The van der Waals surface area contributed by atoms with E-state index >= 15 is 0 Å². The lowest BCUT2D eigenvalue weighted by Gasteiger charge is -2.20. The van der Waals surface area contributed by atoms with Gasteiger partial charge in [0.2, 0.25) is 0 Å². The number of aryl methyl sites for hydroxylation is 1. The predicted octanol–water partition coefficient (Wildman–Crippen LogP) is 3.24. The van der Waals surface area contributed by atoms with Crippen molar-refractivity contribution in [3.05, 3.63) is 45.5 Å². The summed E-state index contributed by atoms with van der Waals surface area (Å²) in [6.45, 7) is 3.23. The van der Waals surface area contributed by atoms with Gasteiger partial charge in [0.1, 0.15) is 15.3 Å². The van der Waals surface area contributed by atoms with E-state index in [2.05, 4.69) is 37.6 Å². The molecular formula is C19H16FIN4O2. The van der Waals surface area contributed by atoms with Gasteiger partial charge in [0, 0.05) is 24.0 Å². The molecule has 1 aliphatic carbocycles. The van der Waals surface area contributed by atoms with Crippen LogP contribution in [0.4, 0.5) is 10.2 Å². The maximum absolute atomic E-state index is 14.0. The van der Waals surface area contributed by atoms with Crippen molar-refractivity contribution >= 4 is 45.3 Å². The first-order chi connectivity index (χ1) is 13.0.